The van der Waals surface area contributed by atoms with Crippen LogP contribution in [0.2, 0.25) is 0 Å². The van der Waals surface area contributed by atoms with Gasteiger partial charge < -0.3 is 10.4 Å². The van der Waals surface area contributed by atoms with Gasteiger partial charge in [0.2, 0.25) is 0 Å². The van der Waals surface area contributed by atoms with E-state index < -0.39 is 0 Å². The Morgan fingerprint density at radius 1 is 1.52 bits per heavy atom. The van der Waals surface area contributed by atoms with Gasteiger partial charge >= 0.3 is 0 Å². The van der Waals surface area contributed by atoms with Gasteiger partial charge in [-0.25, -0.2) is 0 Å². The minimum atomic E-state index is -0.160. The number of aliphatic hydroxyl groups is 1. The van der Waals surface area contributed by atoms with Crippen LogP contribution in [0.1, 0.15) is 39.9 Å². The molecule has 21 heavy (non-hydrogen) atoms. The fourth-order valence-electron chi connectivity index (χ4n) is 2.48. The molecule has 5 heteroatoms. The minimum Gasteiger partial charge on any atom is -0.384 e. The van der Waals surface area contributed by atoms with Crippen molar-refractivity contribution in [3.05, 3.63) is 21.4 Å². The second-order valence-corrected chi connectivity index (χ2v) is 6.44. The number of thiophene rings is 1. The molecule has 0 saturated carbocycles. The molecule has 114 valence electrons. The molecule has 4 nitrogen and oxygen atoms in total. The van der Waals surface area contributed by atoms with E-state index in [-0.39, 0.29) is 12.5 Å². The molecule has 0 spiro atoms. The fraction of sp³-hybridized carbons (Fsp3) is 0.562. The molecule has 1 aromatic rings. The van der Waals surface area contributed by atoms with Crippen LogP contribution in [0.15, 0.2) is 6.07 Å². The first kappa shape index (κ1) is 16.0. The molecule has 1 aromatic heterocycles. The molecule has 0 bridgehead atoms. The van der Waals surface area contributed by atoms with E-state index in [2.05, 4.69) is 29.0 Å². The average molecular weight is 306 g/mol. The molecule has 1 atom stereocenters. The maximum absolute atomic E-state index is 12.2. The van der Waals surface area contributed by atoms with Crippen LogP contribution >= 0.6 is 11.3 Å². The molecule has 2 heterocycles. The summed E-state index contributed by atoms with van der Waals surface area (Å²) in [7, 11) is 0. The number of rotatable bonds is 4. The van der Waals surface area contributed by atoms with E-state index in [1.54, 1.807) is 0 Å². The Kier molecular flexibility index (Phi) is 5.80. The SMILES string of the molecule is Cc1cc(C(=O)NCC(C)N2CCCC2)sc1C#CCO. The van der Waals surface area contributed by atoms with Crippen LogP contribution in [0, 0.1) is 18.8 Å². The maximum Gasteiger partial charge on any atom is 0.261 e. The number of likely N-dealkylation sites (tertiary alicyclic amines) is 1. The molecule has 1 unspecified atom stereocenters. The maximum atomic E-state index is 12.2. The van der Waals surface area contributed by atoms with E-state index >= 15 is 0 Å². The number of hydrogen-bond donors (Lipinski definition) is 2. The molecule has 1 saturated heterocycles. The Morgan fingerprint density at radius 3 is 2.90 bits per heavy atom. The third-order valence-electron chi connectivity index (χ3n) is 3.74. The van der Waals surface area contributed by atoms with E-state index in [1.165, 1.54) is 24.2 Å². The van der Waals surface area contributed by atoms with E-state index in [0.717, 1.165) is 23.5 Å². The Labute approximate surface area is 130 Å². The summed E-state index contributed by atoms with van der Waals surface area (Å²) < 4.78 is 0. The topological polar surface area (TPSA) is 52.6 Å². The number of aliphatic hydroxyl groups excluding tert-OH is 1. The summed E-state index contributed by atoms with van der Waals surface area (Å²) in [5.41, 5.74) is 0.985. The summed E-state index contributed by atoms with van der Waals surface area (Å²) in [6, 6.07) is 2.24. The summed E-state index contributed by atoms with van der Waals surface area (Å²) >= 11 is 1.38. The van der Waals surface area contributed by atoms with Crippen LogP contribution in [0.3, 0.4) is 0 Å². The standard InChI is InChI=1S/C16H22N2O2S/c1-12-10-15(21-14(12)6-5-9-19)16(20)17-11-13(2)18-7-3-4-8-18/h10,13,19H,3-4,7-9,11H2,1-2H3,(H,17,20). The van der Waals surface area contributed by atoms with Gasteiger partial charge in [0, 0.05) is 12.6 Å². The summed E-state index contributed by atoms with van der Waals surface area (Å²) in [6.07, 6.45) is 2.52. The first-order valence-electron chi connectivity index (χ1n) is 7.34. The summed E-state index contributed by atoms with van der Waals surface area (Å²) in [6.45, 7) is 6.87. The molecule has 0 aliphatic carbocycles. The molecule has 1 aliphatic rings. The highest BCUT2D eigenvalue weighted by Gasteiger charge is 2.19. The van der Waals surface area contributed by atoms with Crippen molar-refractivity contribution in [2.45, 2.75) is 32.7 Å². The first-order valence-corrected chi connectivity index (χ1v) is 8.16. The normalized spacial score (nSPS) is 16.3. The molecule has 1 aliphatic heterocycles. The number of carbonyl (C=O) groups excluding carboxylic acids is 1. The van der Waals surface area contributed by atoms with E-state index in [0.29, 0.717) is 17.5 Å². The Hall–Kier alpha value is -1.35. The number of amides is 1. The van der Waals surface area contributed by atoms with Crippen molar-refractivity contribution in [2.24, 2.45) is 0 Å². The smallest absolute Gasteiger partial charge is 0.261 e. The molecule has 1 fully saturated rings. The van der Waals surface area contributed by atoms with Crippen molar-refractivity contribution < 1.29 is 9.90 Å². The second-order valence-electron chi connectivity index (χ2n) is 5.38. The van der Waals surface area contributed by atoms with Crippen LogP contribution < -0.4 is 5.32 Å². The number of aryl methyl sites for hydroxylation is 1. The molecule has 1 amide bonds. The van der Waals surface area contributed by atoms with Gasteiger partial charge in [0.05, 0.1) is 9.75 Å². The van der Waals surface area contributed by atoms with E-state index in [9.17, 15) is 4.79 Å². The van der Waals surface area contributed by atoms with Crippen molar-refractivity contribution in [2.75, 3.05) is 26.2 Å². The Balaban J connectivity index is 1.91. The molecule has 2 N–H and O–H groups in total. The first-order chi connectivity index (χ1) is 10.1. The lowest BCUT2D eigenvalue weighted by Crippen LogP contribution is -2.40. The van der Waals surface area contributed by atoms with Crippen molar-refractivity contribution in [3.63, 3.8) is 0 Å². The predicted octanol–water partition coefficient (Wildman–Crippen LogP) is 1.61. The van der Waals surface area contributed by atoms with Gasteiger partial charge in [0.1, 0.15) is 6.61 Å². The van der Waals surface area contributed by atoms with Gasteiger partial charge in [-0.2, -0.15) is 0 Å². The molecule has 2 rings (SSSR count). The van der Waals surface area contributed by atoms with Gasteiger partial charge in [-0.15, -0.1) is 11.3 Å². The highest BCUT2D eigenvalue weighted by molar-refractivity contribution is 7.14. The van der Waals surface area contributed by atoms with E-state index in [4.69, 9.17) is 5.11 Å². The number of carbonyl (C=O) groups is 1. The lowest BCUT2D eigenvalue weighted by molar-refractivity contribution is 0.0944. The molecular weight excluding hydrogens is 284 g/mol. The van der Waals surface area contributed by atoms with Crippen LogP contribution in [0.5, 0.6) is 0 Å². The third-order valence-corrected chi connectivity index (χ3v) is 4.90. The van der Waals surface area contributed by atoms with Gasteiger partial charge in [0.15, 0.2) is 0 Å². The Bertz CT molecular complexity index is 550. The van der Waals surface area contributed by atoms with Crippen molar-refractivity contribution >= 4 is 17.2 Å². The number of nitrogens with one attached hydrogen (secondary N) is 1. The molecular formula is C16H22N2O2S. The van der Waals surface area contributed by atoms with E-state index in [1.807, 2.05) is 13.0 Å². The van der Waals surface area contributed by atoms with Crippen LogP contribution in [0.25, 0.3) is 0 Å². The predicted molar refractivity (Wildman–Crippen MR) is 85.6 cm³/mol. The number of hydrogen-bond acceptors (Lipinski definition) is 4. The lowest BCUT2D eigenvalue weighted by Gasteiger charge is -2.23. The van der Waals surface area contributed by atoms with Gasteiger partial charge in [-0.1, -0.05) is 11.8 Å². The minimum absolute atomic E-state index is 0.0359. The average Bonchev–Trinajstić information content (AvgIpc) is 3.12. The Morgan fingerprint density at radius 2 is 2.24 bits per heavy atom. The largest absolute Gasteiger partial charge is 0.384 e. The van der Waals surface area contributed by atoms with Gasteiger partial charge in [0.25, 0.3) is 5.91 Å². The number of nitrogens with zero attached hydrogens (tertiary/aromatic N) is 1. The summed E-state index contributed by atoms with van der Waals surface area (Å²) in [5, 5.41) is 11.7. The van der Waals surface area contributed by atoms with Crippen LogP contribution in [-0.2, 0) is 0 Å². The summed E-state index contributed by atoms with van der Waals surface area (Å²) in [4.78, 5) is 16.1. The molecule has 0 radical (unpaired) electrons. The monoisotopic (exact) mass is 306 g/mol. The van der Waals surface area contributed by atoms with Gasteiger partial charge in [-0.3, -0.25) is 9.69 Å². The van der Waals surface area contributed by atoms with Crippen molar-refractivity contribution in [1.82, 2.24) is 10.2 Å². The fourth-order valence-corrected chi connectivity index (χ4v) is 3.44. The van der Waals surface area contributed by atoms with Gasteiger partial charge in [-0.05, 0) is 51.4 Å². The highest BCUT2D eigenvalue weighted by atomic mass is 32.1. The summed E-state index contributed by atoms with van der Waals surface area (Å²) in [5.74, 6) is 5.46. The second kappa shape index (κ2) is 7.60. The highest BCUT2D eigenvalue weighted by Crippen LogP contribution is 2.21. The third kappa shape index (κ3) is 4.31. The zero-order valence-corrected chi connectivity index (χ0v) is 13.4. The lowest BCUT2D eigenvalue weighted by atomic mass is 10.2. The van der Waals surface area contributed by atoms with Crippen molar-refractivity contribution in [3.8, 4) is 11.8 Å². The molecule has 0 aromatic carbocycles. The zero-order valence-electron chi connectivity index (χ0n) is 12.6. The van der Waals surface area contributed by atoms with Crippen LogP contribution in [0.4, 0.5) is 0 Å². The van der Waals surface area contributed by atoms with Crippen molar-refractivity contribution in [1.29, 1.82) is 0 Å². The van der Waals surface area contributed by atoms with Crippen LogP contribution in [-0.4, -0.2) is 48.2 Å². The zero-order chi connectivity index (χ0) is 15.2. The quantitative estimate of drug-likeness (QED) is 0.831.